The number of aromatic nitrogens is 3. The van der Waals surface area contributed by atoms with Gasteiger partial charge in [0.25, 0.3) is 0 Å². The SMILES string of the molecule is Cc1n[c]nc(Cl)n1. The topological polar surface area (TPSA) is 38.7 Å². The fourth-order valence-corrected chi connectivity index (χ4v) is 0.482. The Balaban J connectivity index is 3.08. The van der Waals surface area contributed by atoms with E-state index in [4.69, 9.17) is 11.6 Å². The van der Waals surface area contributed by atoms with Gasteiger partial charge in [-0.15, -0.1) is 0 Å². The molecule has 1 radical (unpaired) electrons. The third-order valence-corrected chi connectivity index (χ3v) is 0.777. The highest BCUT2D eigenvalue weighted by Gasteiger charge is 1.88. The first-order valence-corrected chi connectivity index (χ1v) is 2.41. The molecule has 0 aliphatic heterocycles. The van der Waals surface area contributed by atoms with Crippen LogP contribution in [0.2, 0.25) is 5.28 Å². The third kappa shape index (κ3) is 1.13. The van der Waals surface area contributed by atoms with Crippen LogP contribution in [0.1, 0.15) is 5.82 Å². The molecule has 1 rings (SSSR count). The maximum Gasteiger partial charge on any atom is 0.226 e. The van der Waals surface area contributed by atoms with Gasteiger partial charge in [-0.1, -0.05) is 0 Å². The molecule has 41 valence electrons. The van der Waals surface area contributed by atoms with E-state index in [1.807, 2.05) is 0 Å². The van der Waals surface area contributed by atoms with Gasteiger partial charge in [0.05, 0.1) is 0 Å². The number of nitrogens with zero attached hydrogens (tertiary/aromatic N) is 3. The van der Waals surface area contributed by atoms with Crippen molar-refractivity contribution in [3.63, 3.8) is 0 Å². The first-order chi connectivity index (χ1) is 3.79. The Hall–Kier alpha value is -0.700. The maximum atomic E-state index is 5.35. The van der Waals surface area contributed by atoms with E-state index >= 15 is 0 Å². The monoisotopic (exact) mass is 128 g/mol. The molecular weight excluding hydrogens is 126 g/mol. The minimum Gasteiger partial charge on any atom is -0.210 e. The predicted octanol–water partition coefficient (Wildman–Crippen LogP) is 0.634. The standard InChI is InChI=1S/C4H3ClN3/c1-3-6-2-7-4(5)8-3/h1H3. The molecule has 0 atom stereocenters. The molecule has 8 heavy (non-hydrogen) atoms. The minimum atomic E-state index is 0.192. The summed E-state index contributed by atoms with van der Waals surface area (Å²) in [5, 5.41) is 0.192. The average molecular weight is 129 g/mol. The van der Waals surface area contributed by atoms with E-state index in [1.165, 1.54) is 0 Å². The molecule has 0 aromatic carbocycles. The van der Waals surface area contributed by atoms with Crippen molar-refractivity contribution >= 4 is 11.6 Å². The van der Waals surface area contributed by atoms with E-state index in [1.54, 1.807) is 6.92 Å². The van der Waals surface area contributed by atoms with Crippen molar-refractivity contribution in [1.82, 2.24) is 15.0 Å². The summed E-state index contributed by atoms with van der Waals surface area (Å²) < 4.78 is 0. The van der Waals surface area contributed by atoms with Gasteiger partial charge in [0.2, 0.25) is 11.6 Å². The van der Waals surface area contributed by atoms with Crippen molar-refractivity contribution in [2.24, 2.45) is 0 Å². The van der Waals surface area contributed by atoms with Crippen LogP contribution in [0.15, 0.2) is 0 Å². The zero-order valence-electron chi connectivity index (χ0n) is 4.22. The van der Waals surface area contributed by atoms with Gasteiger partial charge in [0.15, 0.2) is 0 Å². The van der Waals surface area contributed by atoms with Crippen molar-refractivity contribution in [3.05, 3.63) is 17.4 Å². The smallest absolute Gasteiger partial charge is 0.210 e. The Morgan fingerprint density at radius 3 is 2.62 bits per heavy atom. The maximum absolute atomic E-state index is 5.35. The average Bonchev–Trinajstić information content (AvgIpc) is 1.64. The minimum absolute atomic E-state index is 0.192. The van der Waals surface area contributed by atoms with Crippen LogP contribution in [0.25, 0.3) is 0 Å². The van der Waals surface area contributed by atoms with Gasteiger partial charge in [-0.05, 0) is 18.5 Å². The number of hydrogen-bond acceptors (Lipinski definition) is 3. The largest absolute Gasteiger partial charge is 0.226 e. The Morgan fingerprint density at radius 1 is 1.50 bits per heavy atom. The van der Waals surface area contributed by atoms with Crippen molar-refractivity contribution in [2.75, 3.05) is 0 Å². The summed E-state index contributed by atoms with van der Waals surface area (Å²) in [5.41, 5.74) is 0. The number of aryl methyl sites for hydroxylation is 1. The summed E-state index contributed by atoms with van der Waals surface area (Å²) in [4.78, 5) is 10.8. The fourth-order valence-electron chi connectivity index (χ4n) is 0.322. The van der Waals surface area contributed by atoms with Gasteiger partial charge in [-0.25, -0.2) is 9.97 Å². The molecule has 1 aromatic rings. The number of hydrogen-bond donors (Lipinski definition) is 0. The van der Waals surface area contributed by atoms with Crippen LogP contribution >= 0.6 is 11.6 Å². The lowest BCUT2D eigenvalue weighted by atomic mass is 10.7. The summed E-state index contributed by atoms with van der Waals surface area (Å²) in [6, 6.07) is 0. The summed E-state index contributed by atoms with van der Waals surface area (Å²) in [7, 11) is 0. The Bertz CT molecular complexity index is 171. The normalized spacial score (nSPS) is 9.25. The molecule has 0 N–H and O–H groups in total. The van der Waals surface area contributed by atoms with Crippen LogP contribution in [0.3, 0.4) is 0 Å². The third-order valence-electron chi connectivity index (χ3n) is 0.608. The van der Waals surface area contributed by atoms with Crippen LogP contribution in [0.4, 0.5) is 0 Å². The van der Waals surface area contributed by atoms with E-state index in [0.29, 0.717) is 5.82 Å². The zero-order chi connectivity index (χ0) is 5.98. The molecule has 0 bridgehead atoms. The summed E-state index contributed by atoms with van der Waals surface area (Å²) >= 11 is 5.35. The van der Waals surface area contributed by atoms with Gasteiger partial charge in [0.1, 0.15) is 5.82 Å². The molecule has 0 amide bonds. The van der Waals surface area contributed by atoms with Crippen LogP contribution in [0.5, 0.6) is 0 Å². The van der Waals surface area contributed by atoms with E-state index in [-0.39, 0.29) is 5.28 Å². The molecular formula is C4H3ClN3. The first kappa shape index (κ1) is 5.44. The van der Waals surface area contributed by atoms with Gasteiger partial charge < -0.3 is 0 Å². The van der Waals surface area contributed by atoms with Gasteiger partial charge in [-0.3, -0.25) is 0 Å². The summed E-state index contributed by atoms with van der Waals surface area (Å²) in [6.45, 7) is 1.73. The van der Waals surface area contributed by atoms with Crippen LogP contribution in [-0.4, -0.2) is 15.0 Å². The Morgan fingerprint density at radius 2 is 2.25 bits per heavy atom. The lowest BCUT2D eigenvalue weighted by molar-refractivity contribution is 0.965. The first-order valence-electron chi connectivity index (χ1n) is 2.03. The summed E-state index contributed by atoms with van der Waals surface area (Å²) in [6.07, 6.45) is 2.33. The molecule has 0 spiro atoms. The summed E-state index contributed by atoms with van der Waals surface area (Å²) in [5.74, 6) is 0.588. The molecule has 0 unspecified atom stereocenters. The molecule has 1 heterocycles. The van der Waals surface area contributed by atoms with Crippen molar-refractivity contribution < 1.29 is 0 Å². The number of halogens is 1. The molecule has 3 nitrogen and oxygen atoms in total. The highest BCUT2D eigenvalue weighted by Crippen LogP contribution is 1.94. The van der Waals surface area contributed by atoms with Crippen LogP contribution < -0.4 is 0 Å². The molecule has 0 saturated heterocycles. The van der Waals surface area contributed by atoms with Crippen molar-refractivity contribution in [2.45, 2.75) is 6.92 Å². The van der Waals surface area contributed by atoms with Gasteiger partial charge >= 0.3 is 0 Å². The molecule has 1 aromatic heterocycles. The van der Waals surface area contributed by atoms with Gasteiger partial charge in [0, 0.05) is 0 Å². The van der Waals surface area contributed by atoms with E-state index < -0.39 is 0 Å². The van der Waals surface area contributed by atoms with E-state index in [0.717, 1.165) is 0 Å². The quantitative estimate of drug-likeness (QED) is 0.515. The predicted molar refractivity (Wildman–Crippen MR) is 28.4 cm³/mol. The Labute approximate surface area is 51.8 Å². The molecule has 0 aliphatic rings. The van der Waals surface area contributed by atoms with Crippen LogP contribution in [-0.2, 0) is 0 Å². The molecule has 0 fully saturated rings. The highest BCUT2D eigenvalue weighted by molar-refractivity contribution is 6.28. The Kier molecular flexibility index (Phi) is 1.39. The molecule has 0 saturated carbocycles. The van der Waals surface area contributed by atoms with Crippen molar-refractivity contribution in [3.8, 4) is 0 Å². The van der Waals surface area contributed by atoms with Gasteiger partial charge in [-0.2, -0.15) is 4.98 Å². The highest BCUT2D eigenvalue weighted by atomic mass is 35.5. The number of rotatable bonds is 0. The zero-order valence-corrected chi connectivity index (χ0v) is 4.98. The van der Waals surface area contributed by atoms with Crippen molar-refractivity contribution in [1.29, 1.82) is 0 Å². The second-order valence-corrected chi connectivity index (χ2v) is 1.59. The second-order valence-electron chi connectivity index (χ2n) is 1.25. The fraction of sp³-hybridized carbons (Fsp3) is 0.250. The second kappa shape index (κ2) is 2.05. The van der Waals surface area contributed by atoms with Crippen LogP contribution in [0, 0.1) is 13.3 Å². The van der Waals surface area contributed by atoms with E-state index in [2.05, 4.69) is 21.3 Å². The molecule has 0 aliphatic carbocycles. The lowest BCUT2D eigenvalue weighted by Crippen LogP contribution is -1.88. The van der Waals surface area contributed by atoms with E-state index in [9.17, 15) is 0 Å². The molecule has 4 heteroatoms. The lowest BCUT2D eigenvalue weighted by Gasteiger charge is -1.85.